The van der Waals surface area contributed by atoms with Gasteiger partial charge >= 0.3 is 6.09 Å². The molecule has 4 heteroatoms. The largest absolute Gasteiger partial charge is 0.465 e. The van der Waals surface area contributed by atoms with Gasteiger partial charge in [-0.25, -0.2) is 4.79 Å². The van der Waals surface area contributed by atoms with E-state index < -0.39 is 6.09 Å². The third-order valence-electron chi connectivity index (χ3n) is 3.37. The van der Waals surface area contributed by atoms with Gasteiger partial charge in [0.2, 0.25) is 0 Å². The van der Waals surface area contributed by atoms with E-state index in [1.54, 1.807) is 6.07 Å². The maximum atomic E-state index is 12.3. The average molecular weight is 247 g/mol. The molecule has 0 aliphatic carbocycles. The number of rotatable bonds is 2. The molecule has 1 saturated heterocycles. The summed E-state index contributed by atoms with van der Waals surface area (Å²) < 4.78 is 0. The van der Waals surface area contributed by atoms with Crippen LogP contribution in [0.25, 0.3) is 0 Å². The Balaban J connectivity index is 2.11. The van der Waals surface area contributed by atoms with Crippen LogP contribution in [0.4, 0.5) is 4.79 Å². The molecule has 1 aliphatic rings. The second kappa shape index (κ2) is 5.21. The van der Waals surface area contributed by atoms with Crippen molar-refractivity contribution in [3.05, 3.63) is 35.4 Å². The summed E-state index contributed by atoms with van der Waals surface area (Å²) in [4.78, 5) is 24.6. The molecule has 18 heavy (non-hydrogen) atoms. The first-order chi connectivity index (χ1) is 8.58. The van der Waals surface area contributed by atoms with Gasteiger partial charge in [0, 0.05) is 24.6 Å². The van der Waals surface area contributed by atoms with Crippen molar-refractivity contribution in [2.45, 2.75) is 19.8 Å². The van der Waals surface area contributed by atoms with E-state index in [4.69, 9.17) is 5.11 Å². The van der Waals surface area contributed by atoms with Crippen molar-refractivity contribution in [2.75, 3.05) is 13.1 Å². The molecule has 0 radical (unpaired) electrons. The van der Waals surface area contributed by atoms with E-state index in [1.807, 2.05) is 25.1 Å². The van der Waals surface area contributed by atoms with Gasteiger partial charge in [0.25, 0.3) is 0 Å². The molecule has 1 unspecified atom stereocenters. The lowest BCUT2D eigenvalue weighted by Crippen LogP contribution is -2.41. The van der Waals surface area contributed by atoms with Gasteiger partial charge in [-0.2, -0.15) is 0 Å². The van der Waals surface area contributed by atoms with Crippen molar-refractivity contribution in [1.29, 1.82) is 0 Å². The van der Waals surface area contributed by atoms with Crippen LogP contribution in [-0.4, -0.2) is 35.0 Å². The molecule has 0 bridgehead atoms. The van der Waals surface area contributed by atoms with Gasteiger partial charge in [-0.1, -0.05) is 23.8 Å². The van der Waals surface area contributed by atoms with E-state index in [-0.39, 0.29) is 11.7 Å². The molecule has 1 N–H and O–H groups in total. The first kappa shape index (κ1) is 12.6. The van der Waals surface area contributed by atoms with E-state index in [1.165, 1.54) is 4.90 Å². The summed E-state index contributed by atoms with van der Waals surface area (Å²) in [6.45, 7) is 2.80. The fraction of sp³-hybridized carbons (Fsp3) is 0.429. The quantitative estimate of drug-likeness (QED) is 0.817. The minimum absolute atomic E-state index is 0.0599. The maximum Gasteiger partial charge on any atom is 0.407 e. The molecular formula is C14H17NO3. The number of carbonyl (C=O) groups is 2. The number of ketones is 1. The van der Waals surface area contributed by atoms with Crippen molar-refractivity contribution in [3.63, 3.8) is 0 Å². The third-order valence-corrected chi connectivity index (χ3v) is 3.37. The van der Waals surface area contributed by atoms with Crippen LogP contribution >= 0.6 is 0 Å². The normalized spacial score (nSPS) is 19.6. The molecule has 1 atom stereocenters. The Morgan fingerprint density at radius 3 is 2.83 bits per heavy atom. The van der Waals surface area contributed by atoms with Crippen molar-refractivity contribution in [2.24, 2.45) is 5.92 Å². The fourth-order valence-corrected chi connectivity index (χ4v) is 2.40. The van der Waals surface area contributed by atoms with Crippen LogP contribution < -0.4 is 0 Å². The number of amides is 1. The molecule has 1 amide bonds. The highest BCUT2D eigenvalue weighted by molar-refractivity contribution is 5.98. The highest BCUT2D eigenvalue weighted by Crippen LogP contribution is 2.21. The van der Waals surface area contributed by atoms with Crippen LogP contribution in [0.3, 0.4) is 0 Å². The van der Waals surface area contributed by atoms with Crippen LogP contribution in [0.2, 0.25) is 0 Å². The molecule has 0 saturated carbocycles. The number of nitrogens with zero attached hydrogens (tertiary/aromatic N) is 1. The van der Waals surface area contributed by atoms with Gasteiger partial charge < -0.3 is 10.0 Å². The molecule has 96 valence electrons. The SMILES string of the molecule is Cc1cccc(C(=O)C2CCCN(C(=O)O)C2)c1. The predicted molar refractivity (Wildman–Crippen MR) is 67.8 cm³/mol. The van der Waals surface area contributed by atoms with Crippen LogP contribution in [0.15, 0.2) is 24.3 Å². The molecular weight excluding hydrogens is 230 g/mol. The van der Waals surface area contributed by atoms with Crippen LogP contribution in [0, 0.1) is 12.8 Å². The molecule has 1 heterocycles. The topological polar surface area (TPSA) is 57.6 Å². The van der Waals surface area contributed by atoms with Gasteiger partial charge in [-0.05, 0) is 25.8 Å². The Morgan fingerprint density at radius 1 is 1.39 bits per heavy atom. The van der Waals surface area contributed by atoms with Crippen molar-refractivity contribution in [3.8, 4) is 0 Å². The van der Waals surface area contributed by atoms with Gasteiger partial charge in [0.1, 0.15) is 0 Å². The number of carboxylic acid groups (broad SMARTS) is 1. The van der Waals surface area contributed by atoms with Crippen molar-refractivity contribution in [1.82, 2.24) is 4.90 Å². The average Bonchev–Trinajstić information content (AvgIpc) is 2.38. The lowest BCUT2D eigenvalue weighted by molar-refractivity contribution is 0.0806. The van der Waals surface area contributed by atoms with Crippen molar-refractivity contribution < 1.29 is 14.7 Å². The van der Waals surface area contributed by atoms with Gasteiger partial charge in [-0.15, -0.1) is 0 Å². The zero-order valence-electron chi connectivity index (χ0n) is 10.4. The second-order valence-electron chi connectivity index (χ2n) is 4.80. The fourth-order valence-electron chi connectivity index (χ4n) is 2.40. The number of Topliss-reactive ketones (excluding diaryl/α,β-unsaturated/α-hetero) is 1. The van der Waals surface area contributed by atoms with E-state index in [0.717, 1.165) is 18.4 Å². The minimum atomic E-state index is -0.934. The van der Waals surface area contributed by atoms with Gasteiger partial charge in [0.15, 0.2) is 5.78 Å². The molecule has 1 aromatic carbocycles. The summed E-state index contributed by atoms with van der Waals surface area (Å²) >= 11 is 0. The smallest absolute Gasteiger partial charge is 0.407 e. The number of hydrogen-bond donors (Lipinski definition) is 1. The summed E-state index contributed by atoms with van der Waals surface area (Å²) in [6, 6.07) is 7.47. The molecule has 0 spiro atoms. The van der Waals surface area contributed by atoms with Crippen LogP contribution in [-0.2, 0) is 0 Å². The number of likely N-dealkylation sites (tertiary alicyclic amines) is 1. The summed E-state index contributed by atoms with van der Waals surface area (Å²) in [6.07, 6.45) is 0.599. The highest BCUT2D eigenvalue weighted by Gasteiger charge is 2.28. The van der Waals surface area contributed by atoms with Crippen molar-refractivity contribution >= 4 is 11.9 Å². The monoisotopic (exact) mass is 247 g/mol. The summed E-state index contributed by atoms with van der Waals surface area (Å²) in [7, 11) is 0. The summed E-state index contributed by atoms with van der Waals surface area (Å²) in [5.74, 6) is -0.138. The maximum absolute atomic E-state index is 12.3. The Kier molecular flexibility index (Phi) is 3.65. The Labute approximate surface area is 106 Å². The van der Waals surface area contributed by atoms with E-state index in [2.05, 4.69) is 0 Å². The van der Waals surface area contributed by atoms with Crippen LogP contribution in [0.1, 0.15) is 28.8 Å². The van der Waals surface area contributed by atoms with E-state index in [9.17, 15) is 9.59 Å². The number of aryl methyl sites for hydroxylation is 1. The lowest BCUT2D eigenvalue weighted by atomic mass is 9.90. The number of piperidine rings is 1. The van der Waals surface area contributed by atoms with E-state index in [0.29, 0.717) is 18.7 Å². The summed E-state index contributed by atoms with van der Waals surface area (Å²) in [5.41, 5.74) is 1.74. The Bertz CT molecular complexity index is 470. The number of carbonyl (C=O) groups excluding carboxylic acids is 1. The molecule has 1 aliphatic heterocycles. The lowest BCUT2D eigenvalue weighted by Gasteiger charge is -2.29. The van der Waals surface area contributed by atoms with E-state index >= 15 is 0 Å². The summed E-state index contributed by atoms with van der Waals surface area (Å²) in [5, 5.41) is 8.97. The molecule has 2 rings (SSSR count). The van der Waals surface area contributed by atoms with Gasteiger partial charge in [-0.3, -0.25) is 4.79 Å². The van der Waals surface area contributed by atoms with Crippen LogP contribution in [0.5, 0.6) is 0 Å². The highest BCUT2D eigenvalue weighted by atomic mass is 16.4. The molecule has 0 aromatic heterocycles. The standard InChI is InChI=1S/C14H17NO3/c1-10-4-2-5-11(8-10)13(16)12-6-3-7-15(9-12)14(17)18/h2,4-5,8,12H,3,6-7,9H2,1H3,(H,17,18). The molecule has 1 aromatic rings. The zero-order chi connectivity index (χ0) is 13.1. The number of benzene rings is 1. The Morgan fingerprint density at radius 2 is 2.17 bits per heavy atom. The molecule has 1 fully saturated rings. The molecule has 4 nitrogen and oxygen atoms in total. The predicted octanol–water partition coefficient (Wildman–Crippen LogP) is 2.57. The first-order valence-electron chi connectivity index (χ1n) is 6.16. The number of hydrogen-bond acceptors (Lipinski definition) is 2. The zero-order valence-corrected chi connectivity index (χ0v) is 10.4. The Hall–Kier alpha value is -1.84. The third kappa shape index (κ3) is 2.70. The van der Waals surface area contributed by atoms with Gasteiger partial charge in [0.05, 0.1) is 0 Å². The minimum Gasteiger partial charge on any atom is -0.465 e. The first-order valence-corrected chi connectivity index (χ1v) is 6.16. The second-order valence-corrected chi connectivity index (χ2v) is 4.80.